The Morgan fingerprint density at radius 3 is 2.62 bits per heavy atom. The van der Waals surface area contributed by atoms with Crippen LogP contribution < -0.4 is 5.73 Å². The molecule has 2 N–H and O–H groups in total. The number of hydrogen-bond acceptors (Lipinski definition) is 3. The van der Waals surface area contributed by atoms with E-state index < -0.39 is 5.91 Å². The van der Waals surface area contributed by atoms with Gasteiger partial charge in [0, 0.05) is 6.08 Å². The molecule has 0 unspecified atom stereocenters. The Hall–Kier alpha value is -2.43. The van der Waals surface area contributed by atoms with Crippen LogP contribution in [0.2, 0.25) is 0 Å². The van der Waals surface area contributed by atoms with Crippen molar-refractivity contribution in [2.24, 2.45) is 5.73 Å². The summed E-state index contributed by atoms with van der Waals surface area (Å²) in [7, 11) is 0. The summed E-state index contributed by atoms with van der Waals surface area (Å²) in [5.74, 6) is -0.458. The van der Waals surface area contributed by atoms with E-state index in [-0.39, 0.29) is 0 Å². The third-order valence-corrected chi connectivity index (χ3v) is 2.02. The highest BCUT2D eigenvalue weighted by atomic mass is 16.1. The fraction of sp³-hybridized carbons (Fsp3) is 0. The second kappa shape index (κ2) is 4.39. The zero-order valence-corrected chi connectivity index (χ0v) is 8.45. The number of benzene rings is 1. The third kappa shape index (κ3) is 2.33. The molecule has 5 nitrogen and oxygen atoms in total. The van der Waals surface area contributed by atoms with Gasteiger partial charge in [-0.15, -0.1) is 0 Å². The first kappa shape index (κ1) is 10.1. The Morgan fingerprint density at radius 1 is 1.31 bits per heavy atom. The first-order valence-corrected chi connectivity index (χ1v) is 4.68. The summed E-state index contributed by atoms with van der Waals surface area (Å²) in [5.41, 5.74) is 6.82. The second-order valence-corrected chi connectivity index (χ2v) is 3.17. The maximum Gasteiger partial charge on any atom is 0.241 e. The molecule has 0 radical (unpaired) electrons. The van der Waals surface area contributed by atoms with Crippen LogP contribution in [0.1, 0.15) is 5.56 Å². The van der Waals surface area contributed by atoms with Crippen LogP contribution in [-0.4, -0.2) is 20.7 Å². The predicted molar refractivity (Wildman–Crippen MR) is 59.6 cm³/mol. The largest absolute Gasteiger partial charge is 0.366 e. The fourth-order valence-corrected chi connectivity index (χ4v) is 1.26. The smallest absolute Gasteiger partial charge is 0.241 e. The molecule has 0 saturated carbocycles. The van der Waals surface area contributed by atoms with E-state index in [0.29, 0.717) is 0 Å². The van der Waals surface area contributed by atoms with Crippen LogP contribution in [0.25, 0.3) is 11.8 Å². The van der Waals surface area contributed by atoms with Gasteiger partial charge in [0.25, 0.3) is 0 Å². The third-order valence-electron chi connectivity index (χ3n) is 2.02. The zero-order valence-electron chi connectivity index (χ0n) is 8.45. The summed E-state index contributed by atoms with van der Waals surface area (Å²) >= 11 is 0. The molecule has 2 rings (SSSR count). The minimum atomic E-state index is -0.458. The first-order valence-electron chi connectivity index (χ1n) is 4.68. The molecule has 0 bridgehead atoms. The van der Waals surface area contributed by atoms with Crippen LogP contribution in [0.3, 0.4) is 0 Å². The van der Waals surface area contributed by atoms with Gasteiger partial charge in [0.1, 0.15) is 12.7 Å². The van der Waals surface area contributed by atoms with Gasteiger partial charge in [-0.25, -0.2) is 9.67 Å². The van der Waals surface area contributed by atoms with Crippen LogP contribution in [0.4, 0.5) is 0 Å². The monoisotopic (exact) mass is 214 g/mol. The molecule has 1 heterocycles. The summed E-state index contributed by atoms with van der Waals surface area (Å²) in [4.78, 5) is 14.4. The highest BCUT2D eigenvalue weighted by Crippen LogP contribution is 2.08. The lowest BCUT2D eigenvalue weighted by molar-refractivity contribution is -0.113. The average molecular weight is 214 g/mol. The molecule has 0 atom stereocenters. The number of carbonyl (C=O) groups excluding carboxylic acids is 1. The maximum atomic E-state index is 10.5. The minimum absolute atomic E-state index is 0.458. The topological polar surface area (TPSA) is 73.8 Å². The summed E-state index contributed by atoms with van der Waals surface area (Å²) in [6.45, 7) is 0. The molecule has 2 aromatic rings. The summed E-state index contributed by atoms with van der Waals surface area (Å²) in [6, 6.07) is 7.51. The van der Waals surface area contributed by atoms with Crippen LogP contribution >= 0.6 is 0 Å². The van der Waals surface area contributed by atoms with Crippen molar-refractivity contribution in [3.8, 4) is 5.69 Å². The van der Waals surface area contributed by atoms with Crippen molar-refractivity contribution >= 4 is 12.0 Å². The van der Waals surface area contributed by atoms with E-state index in [4.69, 9.17) is 5.73 Å². The molecule has 0 fully saturated rings. The van der Waals surface area contributed by atoms with Gasteiger partial charge in [-0.05, 0) is 23.8 Å². The van der Waals surface area contributed by atoms with Crippen molar-refractivity contribution in [1.82, 2.24) is 14.8 Å². The molecule has 0 aliphatic rings. The minimum Gasteiger partial charge on any atom is -0.366 e. The van der Waals surface area contributed by atoms with Crippen LogP contribution in [0, 0.1) is 0 Å². The van der Waals surface area contributed by atoms with Crippen molar-refractivity contribution in [2.75, 3.05) is 0 Å². The number of nitrogens with zero attached hydrogens (tertiary/aromatic N) is 3. The number of rotatable bonds is 3. The first-order chi connectivity index (χ1) is 7.75. The van der Waals surface area contributed by atoms with Crippen molar-refractivity contribution in [3.05, 3.63) is 48.6 Å². The maximum absolute atomic E-state index is 10.5. The lowest BCUT2D eigenvalue weighted by atomic mass is 10.2. The van der Waals surface area contributed by atoms with Gasteiger partial charge in [0.2, 0.25) is 5.91 Å². The Morgan fingerprint density at radius 2 is 2.06 bits per heavy atom. The lowest BCUT2D eigenvalue weighted by Gasteiger charge is -2.00. The molecule has 5 heteroatoms. The Kier molecular flexibility index (Phi) is 2.77. The number of primary amides is 1. The van der Waals surface area contributed by atoms with Crippen molar-refractivity contribution in [2.45, 2.75) is 0 Å². The van der Waals surface area contributed by atoms with Gasteiger partial charge in [-0.2, -0.15) is 5.10 Å². The van der Waals surface area contributed by atoms with Crippen molar-refractivity contribution in [3.63, 3.8) is 0 Å². The van der Waals surface area contributed by atoms with Gasteiger partial charge < -0.3 is 5.73 Å². The number of nitrogens with two attached hydrogens (primary N) is 1. The van der Waals surface area contributed by atoms with Crippen LogP contribution in [0.15, 0.2) is 43.0 Å². The zero-order chi connectivity index (χ0) is 11.4. The van der Waals surface area contributed by atoms with Crippen molar-refractivity contribution < 1.29 is 4.79 Å². The molecule has 0 spiro atoms. The van der Waals surface area contributed by atoms with E-state index in [1.807, 2.05) is 24.3 Å². The highest BCUT2D eigenvalue weighted by Gasteiger charge is 1.95. The number of hydrogen-bond donors (Lipinski definition) is 1. The molecule has 1 aromatic heterocycles. The van der Waals surface area contributed by atoms with E-state index in [0.717, 1.165) is 11.3 Å². The van der Waals surface area contributed by atoms with Gasteiger partial charge in [0.05, 0.1) is 5.69 Å². The van der Waals surface area contributed by atoms with Crippen molar-refractivity contribution in [1.29, 1.82) is 0 Å². The van der Waals surface area contributed by atoms with Gasteiger partial charge in [0.15, 0.2) is 0 Å². The normalized spacial score (nSPS) is 10.8. The molecular weight excluding hydrogens is 204 g/mol. The molecule has 0 aliphatic carbocycles. The van der Waals surface area contributed by atoms with E-state index >= 15 is 0 Å². The summed E-state index contributed by atoms with van der Waals surface area (Å²) in [6.07, 6.45) is 6.08. The quantitative estimate of drug-likeness (QED) is 0.767. The Labute approximate surface area is 92.2 Å². The molecule has 16 heavy (non-hydrogen) atoms. The van der Waals surface area contributed by atoms with Crippen LogP contribution in [-0.2, 0) is 4.79 Å². The lowest BCUT2D eigenvalue weighted by Crippen LogP contribution is -2.05. The second-order valence-electron chi connectivity index (χ2n) is 3.17. The van der Waals surface area contributed by atoms with Gasteiger partial charge in [-0.1, -0.05) is 12.1 Å². The predicted octanol–water partition coefficient (Wildman–Crippen LogP) is 0.766. The average Bonchev–Trinajstić information content (AvgIpc) is 2.80. The van der Waals surface area contributed by atoms with E-state index in [1.165, 1.54) is 12.4 Å². The number of amides is 1. The highest BCUT2D eigenvalue weighted by molar-refractivity contribution is 5.90. The molecule has 1 amide bonds. The molecule has 0 saturated heterocycles. The standard InChI is InChI=1S/C11H10N4O/c12-11(16)6-3-9-1-4-10(5-2-9)15-8-13-7-14-15/h1-8H,(H2,12,16)/b6-3-. The SMILES string of the molecule is NC(=O)/C=C\c1ccc(-n2cncn2)cc1. The van der Waals surface area contributed by atoms with E-state index in [9.17, 15) is 4.79 Å². The van der Waals surface area contributed by atoms with E-state index in [2.05, 4.69) is 10.1 Å². The number of carbonyl (C=O) groups is 1. The fourth-order valence-electron chi connectivity index (χ4n) is 1.26. The van der Waals surface area contributed by atoms with E-state index in [1.54, 1.807) is 17.1 Å². The van der Waals surface area contributed by atoms with Crippen LogP contribution in [0.5, 0.6) is 0 Å². The Bertz CT molecular complexity index is 499. The van der Waals surface area contributed by atoms with Gasteiger partial charge in [-0.3, -0.25) is 4.79 Å². The molecule has 0 aliphatic heterocycles. The summed E-state index contributed by atoms with van der Waals surface area (Å²) < 4.78 is 1.65. The van der Waals surface area contributed by atoms with Gasteiger partial charge >= 0.3 is 0 Å². The summed E-state index contributed by atoms with van der Waals surface area (Å²) in [5, 5.41) is 4.00. The Balaban J connectivity index is 2.20. The molecule has 80 valence electrons. The molecular formula is C11H10N4O. The number of aromatic nitrogens is 3. The molecule has 1 aromatic carbocycles.